The third-order valence-electron chi connectivity index (χ3n) is 3.07. The van der Waals surface area contributed by atoms with Gasteiger partial charge < -0.3 is 5.32 Å². The number of rotatable bonds is 3. The molecular weight excluding hydrogens is 272 g/mol. The molecular formula is C12H17ClN2O2S. The highest BCUT2D eigenvalue weighted by atomic mass is 35.5. The Hall–Kier alpha value is -0.620. The number of halogens is 1. The largest absolute Gasteiger partial charge is 0.315 e. The standard InChI is InChI=1S/C12H17ClN2O2S/c1-9-4-5-11(7-12(9)13)18(16,17)15-10-3-2-6-14-8-10/h4-5,7,10,14-15H,2-3,6,8H2,1H3/t10-/m0/s1. The second-order valence-electron chi connectivity index (χ2n) is 4.58. The van der Waals surface area contributed by atoms with Crippen molar-refractivity contribution in [2.45, 2.75) is 30.7 Å². The molecule has 1 aromatic carbocycles. The van der Waals surface area contributed by atoms with E-state index in [1.54, 1.807) is 12.1 Å². The maximum Gasteiger partial charge on any atom is 0.240 e. The molecule has 0 aromatic heterocycles. The maximum absolute atomic E-state index is 12.2. The number of benzene rings is 1. The molecule has 1 atom stereocenters. The summed E-state index contributed by atoms with van der Waals surface area (Å²) in [5.74, 6) is 0. The van der Waals surface area contributed by atoms with Crippen LogP contribution in [0.25, 0.3) is 0 Å². The van der Waals surface area contributed by atoms with Gasteiger partial charge >= 0.3 is 0 Å². The summed E-state index contributed by atoms with van der Waals surface area (Å²) in [6, 6.07) is 4.76. The monoisotopic (exact) mass is 288 g/mol. The summed E-state index contributed by atoms with van der Waals surface area (Å²) in [5, 5.41) is 3.65. The highest BCUT2D eigenvalue weighted by Gasteiger charge is 2.21. The molecule has 4 nitrogen and oxygen atoms in total. The molecule has 100 valence electrons. The van der Waals surface area contributed by atoms with E-state index in [4.69, 9.17) is 11.6 Å². The second-order valence-corrected chi connectivity index (χ2v) is 6.70. The molecule has 6 heteroatoms. The van der Waals surface area contributed by atoms with Crippen molar-refractivity contribution >= 4 is 21.6 Å². The summed E-state index contributed by atoms with van der Waals surface area (Å²) in [4.78, 5) is 0.226. The Morgan fingerprint density at radius 1 is 1.44 bits per heavy atom. The van der Waals surface area contributed by atoms with Gasteiger partial charge in [-0.15, -0.1) is 0 Å². The number of aryl methyl sites for hydroxylation is 1. The van der Waals surface area contributed by atoms with Crippen molar-refractivity contribution in [2.24, 2.45) is 0 Å². The Morgan fingerprint density at radius 3 is 2.83 bits per heavy atom. The van der Waals surface area contributed by atoms with Gasteiger partial charge in [0.05, 0.1) is 4.90 Å². The Bertz CT molecular complexity index is 525. The lowest BCUT2D eigenvalue weighted by atomic mass is 10.1. The number of piperidine rings is 1. The highest BCUT2D eigenvalue weighted by Crippen LogP contribution is 2.20. The van der Waals surface area contributed by atoms with Gasteiger partial charge in [-0.2, -0.15) is 0 Å². The van der Waals surface area contributed by atoms with Gasteiger partial charge in [0, 0.05) is 17.6 Å². The van der Waals surface area contributed by atoms with E-state index in [9.17, 15) is 8.42 Å². The fraction of sp³-hybridized carbons (Fsp3) is 0.500. The van der Waals surface area contributed by atoms with E-state index < -0.39 is 10.0 Å². The summed E-state index contributed by atoms with van der Waals surface area (Å²) >= 11 is 5.96. The average Bonchev–Trinajstić information content (AvgIpc) is 2.33. The van der Waals surface area contributed by atoms with Crippen molar-refractivity contribution in [1.82, 2.24) is 10.0 Å². The predicted octanol–water partition coefficient (Wildman–Crippen LogP) is 1.68. The first-order valence-corrected chi connectivity index (χ1v) is 7.84. The summed E-state index contributed by atoms with van der Waals surface area (Å²) in [6.07, 6.45) is 1.85. The minimum absolute atomic E-state index is 0.0381. The first-order chi connectivity index (χ1) is 8.49. The molecule has 0 amide bonds. The fourth-order valence-corrected chi connectivity index (χ4v) is 3.52. The van der Waals surface area contributed by atoms with Crippen LogP contribution in [0.1, 0.15) is 18.4 Å². The van der Waals surface area contributed by atoms with Crippen molar-refractivity contribution in [1.29, 1.82) is 0 Å². The average molecular weight is 289 g/mol. The Labute approximate surface area is 113 Å². The molecule has 2 rings (SSSR count). The van der Waals surface area contributed by atoms with Crippen LogP contribution in [0.2, 0.25) is 5.02 Å². The Morgan fingerprint density at radius 2 is 2.22 bits per heavy atom. The first kappa shape index (κ1) is 13.8. The van der Waals surface area contributed by atoms with E-state index in [2.05, 4.69) is 10.0 Å². The Balaban J connectivity index is 2.16. The predicted molar refractivity (Wildman–Crippen MR) is 72.4 cm³/mol. The zero-order chi connectivity index (χ0) is 13.2. The van der Waals surface area contributed by atoms with Crippen LogP contribution in [0, 0.1) is 6.92 Å². The van der Waals surface area contributed by atoms with Crippen molar-refractivity contribution in [2.75, 3.05) is 13.1 Å². The zero-order valence-electron chi connectivity index (χ0n) is 10.2. The van der Waals surface area contributed by atoms with Crippen molar-refractivity contribution in [3.63, 3.8) is 0 Å². The van der Waals surface area contributed by atoms with Crippen molar-refractivity contribution in [3.05, 3.63) is 28.8 Å². The van der Waals surface area contributed by atoms with E-state index in [1.807, 2.05) is 6.92 Å². The van der Waals surface area contributed by atoms with Gasteiger partial charge in [-0.25, -0.2) is 13.1 Å². The molecule has 0 radical (unpaired) electrons. The number of sulfonamides is 1. The molecule has 1 heterocycles. The Kier molecular flexibility index (Phi) is 4.27. The van der Waals surface area contributed by atoms with Gasteiger partial charge in [-0.1, -0.05) is 17.7 Å². The molecule has 0 aliphatic carbocycles. The topological polar surface area (TPSA) is 58.2 Å². The highest BCUT2D eigenvalue weighted by molar-refractivity contribution is 7.89. The third kappa shape index (κ3) is 3.23. The first-order valence-electron chi connectivity index (χ1n) is 5.98. The zero-order valence-corrected chi connectivity index (χ0v) is 11.8. The summed E-state index contributed by atoms with van der Waals surface area (Å²) in [7, 11) is -3.47. The molecule has 1 fully saturated rings. The fourth-order valence-electron chi connectivity index (χ4n) is 1.98. The van der Waals surface area contributed by atoms with Gasteiger partial charge in [-0.3, -0.25) is 0 Å². The molecule has 0 bridgehead atoms. The summed E-state index contributed by atoms with van der Waals surface area (Å²) in [5.41, 5.74) is 0.870. The van der Waals surface area contributed by atoms with Gasteiger partial charge in [0.1, 0.15) is 0 Å². The van der Waals surface area contributed by atoms with Gasteiger partial charge in [-0.05, 0) is 44.0 Å². The molecule has 1 saturated heterocycles. The normalized spacial score (nSPS) is 20.9. The van der Waals surface area contributed by atoms with E-state index in [-0.39, 0.29) is 10.9 Å². The van der Waals surface area contributed by atoms with E-state index in [0.29, 0.717) is 11.6 Å². The van der Waals surface area contributed by atoms with Crippen LogP contribution in [0.5, 0.6) is 0 Å². The van der Waals surface area contributed by atoms with E-state index >= 15 is 0 Å². The number of nitrogens with one attached hydrogen (secondary N) is 2. The van der Waals surface area contributed by atoms with Crippen molar-refractivity contribution < 1.29 is 8.42 Å². The number of hydrogen-bond donors (Lipinski definition) is 2. The maximum atomic E-state index is 12.2. The SMILES string of the molecule is Cc1ccc(S(=O)(=O)N[C@H]2CCCNC2)cc1Cl. The lowest BCUT2D eigenvalue weighted by Gasteiger charge is -2.23. The third-order valence-corrected chi connectivity index (χ3v) is 5.00. The molecule has 0 spiro atoms. The van der Waals surface area contributed by atoms with E-state index in [1.165, 1.54) is 6.07 Å². The minimum Gasteiger partial charge on any atom is -0.315 e. The van der Waals surface area contributed by atoms with Gasteiger partial charge in [0.15, 0.2) is 0 Å². The molecule has 0 saturated carbocycles. The minimum atomic E-state index is -3.47. The van der Waals surface area contributed by atoms with Crippen LogP contribution in [0.4, 0.5) is 0 Å². The van der Waals surface area contributed by atoms with Gasteiger partial charge in [0.2, 0.25) is 10.0 Å². The van der Waals surface area contributed by atoms with Crippen LogP contribution < -0.4 is 10.0 Å². The van der Waals surface area contributed by atoms with E-state index in [0.717, 1.165) is 24.9 Å². The summed E-state index contributed by atoms with van der Waals surface area (Å²) < 4.78 is 27.0. The van der Waals surface area contributed by atoms with Crippen LogP contribution >= 0.6 is 11.6 Å². The lowest BCUT2D eigenvalue weighted by molar-refractivity contribution is 0.428. The smallest absolute Gasteiger partial charge is 0.240 e. The quantitative estimate of drug-likeness (QED) is 0.890. The van der Waals surface area contributed by atoms with Crippen LogP contribution in [-0.4, -0.2) is 27.5 Å². The molecule has 2 N–H and O–H groups in total. The molecule has 18 heavy (non-hydrogen) atoms. The molecule has 1 aliphatic rings. The summed E-state index contributed by atoms with van der Waals surface area (Å²) in [6.45, 7) is 3.48. The van der Waals surface area contributed by atoms with Crippen LogP contribution in [-0.2, 0) is 10.0 Å². The van der Waals surface area contributed by atoms with Gasteiger partial charge in [0.25, 0.3) is 0 Å². The number of hydrogen-bond acceptors (Lipinski definition) is 3. The molecule has 1 aliphatic heterocycles. The lowest BCUT2D eigenvalue weighted by Crippen LogP contribution is -2.45. The van der Waals surface area contributed by atoms with Crippen molar-refractivity contribution in [3.8, 4) is 0 Å². The second kappa shape index (κ2) is 5.57. The molecule has 0 unspecified atom stereocenters. The molecule has 1 aromatic rings. The van der Waals surface area contributed by atoms with Crippen LogP contribution in [0.15, 0.2) is 23.1 Å². The van der Waals surface area contributed by atoms with Crippen LogP contribution in [0.3, 0.4) is 0 Å².